The molecule has 0 aliphatic rings. The van der Waals surface area contributed by atoms with Crippen LogP contribution in [0.4, 0.5) is 0 Å². The second kappa shape index (κ2) is 3.39. The predicted octanol–water partition coefficient (Wildman–Crippen LogP) is 1.85. The van der Waals surface area contributed by atoms with Crippen LogP contribution in [-0.2, 0) is 0 Å². The Bertz CT molecular complexity index is 254. The van der Waals surface area contributed by atoms with Crippen molar-refractivity contribution in [1.82, 2.24) is 0 Å². The van der Waals surface area contributed by atoms with Crippen LogP contribution in [0.2, 0.25) is 0 Å². The average Bonchev–Trinajstić information content (AvgIpc) is 2.37. The molecule has 0 fully saturated rings. The van der Waals surface area contributed by atoms with Gasteiger partial charge in [-0.25, -0.2) is 4.79 Å². The van der Waals surface area contributed by atoms with Crippen LogP contribution >= 0.6 is 11.3 Å². The minimum absolute atomic E-state index is 0.313. The van der Waals surface area contributed by atoms with E-state index in [1.165, 1.54) is 17.4 Å². The number of hydrogen-bond acceptors (Lipinski definition) is 3. The molecule has 0 bridgehead atoms. The normalized spacial score (nSPS) is 9.55. The van der Waals surface area contributed by atoms with E-state index < -0.39 is 5.97 Å². The molecule has 4 heteroatoms. The van der Waals surface area contributed by atoms with Crippen LogP contribution in [-0.4, -0.2) is 17.7 Å². The third-order valence-electron chi connectivity index (χ3n) is 1.10. The van der Waals surface area contributed by atoms with Gasteiger partial charge in [-0.05, 0) is 6.92 Å². The quantitative estimate of drug-likeness (QED) is 0.756. The van der Waals surface area contributed by atoms with Crippen molar-refractivity contribution >= 4 is 17.3 Å². The van der Waals surface area contributed by atoms with Gasteiger partial charge >= 0.3 is 5.97 Å². The Morgan fingerprint density at radius 2 is 2.55 bits per heavy atom. The van der Waals surface area contributed by atoms with Crippen molar-refractivity contribution < 1.29 is 14.6 Å². The Labute approximate surface area is 68.2 Å². The van der Waals surface area contributed by atoms with Gasteiger partial charge in [-0.2, -0.15) is 0 Å². The molecule has 0 aliphatic carbocycles. The smallest absolute Gasteiger partial charge is 0.346 e. The molecular formula is C7H8O3S. The fraction of sp³-hybridized carbons (Fsp3) is 0.286. The summed E-state index contributed by atoms with van der Waals surface area (Å²) in [6.07, 6.45) is 0. The lowest BCUT2D eigenvalue weighted by Gasteiger charge is -1.94. The fourth-order valence-corrected chi connectivity index (χ4v) is 1.34. The minimum Gasteiger partial charge on any atom is -0.493 e. The topological polar surface area (TPSA) is 46.5 Å². The first-order chi connectivity index (χ1) is 5.24. The third-order valence-corrected chi connectivity index (χ3v) is 1.99. The molecule has 0 amide bonds. The Morgan fingerprint density at radius 3 is 3.00 bits per heavy atom. The number of aromatic carboxylic acids is 1. The molecule has 60 valence electrons. The van der Waals surface area contributed by atoms with E-state index in [9.17, 15) is 4.79 Å². The first kappa shape index (κ1) is 8.07. The van der Waals surface area contributed by atoms with Crippen LogP contribution in [0.3, 0.4) is 0 Å². The van der Waals surface area contributed by atoms with Crippen LogP contribution in [0.1, 0.15) is 16.6 Å². The van der Waals surface area contributed by atoms with Crippen LogP contribution in [0, 0.1) is 0 Å². The van der Waals surface area contributed by atoms with Crippen molar-refractivity contribution in [3.63, 3.8) is 0 Å². The average molecular weight is 172 g/mol. The maximum Gasteiger partial charge on any atom is 0.346 e. The van der Waals surface area contributed by atoms with Crippen molar-refractivity contribution in [2.75, 3.05) is 6.61 Å². The van der Waals surface area contributed by atoms with Crippen LogP contribution in [0.25, 0.3) is 0 Å². The highest BCUT2D eigenvalue weighted by Crippen LogP contribution is 2.21. The Morgan fingerprint density at radius 1 is 1.82 bits per heavy atom. The first-order valence-electron chi connectivity index (χ1n) is 3.18. The monoisotopic (exact) mass is 172 g/mol. The second-order valence-corrected chi connectivity index (χ2v) is 2.80. The van der Waals surface area contributed by atoms with E-state index in [0.717, 1.165) is 0 Å². The minimum atomic E-state index is -0.902. The number of thiophene rings is 1. The third kappa shape index (κ3) is 1.94. The van der Waals surface area contributed by atoms with Gasteiger partial charge in [0.25, 0.3) is 0 Å². The lowest BCUT2D eigenvalue weighted by atomic mass is 10.4. The Hall–Kier alpha value is -1.03. The summed E-state index contributed by atoms with van der Waals surface area (Å²) in [4.78, 5) is 10.7. The standard InChI is InChI=1S/C7H8O3S/c1-2-10-5-3-6(7(8)9)11-4-5/h3-4H,2H2,1H3,(H,8,9). The van der Waals surface area contributed by atoms with Crippen molar-refractivity contribution in [2.45, 2.75) is 6.92 Å². The zero-order chi connectivity index (χ0) is 8.27. The number of ether oxygens (including phenoxy) is 1. The van der Waals surface area contributed by atoms with Crippen molar-refractivity contribution in [3.05, 3.63) is 16.3 Å². The summed E-state index contributed by atoms with van der Waals surface area (Å²) in [6, 6.07) is 1.52. The summed E-state index contributed by atoms with van der Waals surface area (Å²) >= 11 is 1.17. The summed E-state index contributed by atoms with van der Waals surface area (Å²) in [7, 11) is 0. The van der Waals surface area contributed by atoms with Gasteiger partial charge in [0.2, 0.25) is 0 Å². The number of carboxylic acid groups (broad SMARTS) is 1. The molecule has 11 heavy (non-hydrogen) atoms. The number of carboxylic acids is 1. The molecule has 0 atom stereocenters. The van der Waals surface area contributed by atoms with Gasteiger partial charge in [0.15, 0.2) is 0 Å². The van der Waals surface area contributed by atoms with Crippen LogP contribution in [0.15, 0.2) is 11.4 Å². The van der Waals surface area contributed by atoms with Gasteiger partial charge in [0.1, 0.15) is 10.6 Å². The highest BCUT2D eigenvalue weighted by Gasteiger charge is 2.06. The van der Waals surface area contributed by atoms with Crippen molar-refractivity contribution in [2.24, 2.45) is 0 Å². The number of hydrogen-bond donors (Lipinski definition) is 1. The molecule has 0 spiro atoms. The van der Waals surface area contributed by atoms with E-state index in [1.54, 1.807) is 5.38 Å². The lowest BCUT2D eigenvalue weighted by molar-refractivity contribution is 0.0702. The van der Waals surface area contributed by atoms with Crippen LogP contribution in [0.5, 0.6) is 5.75 Å². The van der Waals surface area contributed by atoms with E-state index in [2.05, 4.69) is 0 Å². The summed E-state index contributed by atoms with van der Waals surface area (Å²) in [5.41, 5.74) is 0. The molecule has 0 unspecified atom stereocenters. The number of carbonyl (C=O) groups is 1. The van der Waals surface area contributed by atoms with Gasteiger partial charge in [-0.15, -0.1) is 11.3 Å². The van der Waals surface area contributed by atoms with E-state index in [-0.39, 0.29) is 0 Å². The summed E-state index contributed by atoms with van der Waals surface area (Å²) < 4.78 is 5.08. The van der Waals surface area contributed by atoms with E-state index in [1.807, 2.05) is 6.92 Å². The van der Waals surface area contributed by atoms with Gasteiger partial charge in [-0.1, -0.05) is 0 Å². The molecule has 1 aromatic heterocycles. The highest BCUT2D eigenvalue weighted by molar-refractivity contribution is 7.12. The fourth-order valence-electron chi connectivity index (χ4n) is 0.673. The maximum absolute atomic E-state index is 10.4. The van der Waals surface area contributed by atoms with Gasteiger partial charge in [-0.3, -0.25) is 0 Å². The van der Waals surface area contributed by atoms with Crippen LogP contribution < -0.4 is 4.74 Å². The summed E-state index contributed by atoms with van der Waals surface area (Å²) in [5, 5.41) is 10.2. The Balaban J connectivity index is 2.73. The van der Waals surface area contributed by atoms with E-state index >= 15 is 0 Å². The van der Waals surface area contributed by atoms with Gasteiger partial charge in [0, 0.05) is 11.4 Å². The zero-order valence-corrected chi connectivity index (χ0v) is 6.85. The lowest BCUT2D eigenvalue weighted by Crippen LogP contribution is -1.91. The highest BCUT2D eigenvalue weighted by atomic mass is 32.1. The van der Waals surface area contributed by atoms with Crippen molar-refractivity contribution in [1.29, 1.82) is 0 Å². The molecule has 0 saturated carbocycles. The van der Waals surface area contributed by atoms with Gasteiger partial charge in [0.05, 0.1) is 6.61 Å². The predicted molar refractivity (Wildman–Crippen MR) is 42.4 cm³/mol. The van der Waals surface area contributed by atoms with Gasteiger partial charge < -0.3 is 9.84 Å². The molecule has 0 radical (unpaired) electrons. The number of rotatable bonds is 3. The molecule has 0 saturated heterocycles. The molecule has 1 N–H and O–H groups in total. The van der Waals surface area contributed by atoms with E-state index in [0.29, 0.717) is 17.2 Å². The molecule has 3 nitrogen and oxygen atoms in total. The maximum atomic E-state index is 10.4. The molecule has 1 rings (SSSR count). The molecular weight excluding hydrogens is 164 g/mol. The SMILES string of the molecule is CCOc1csc(C(=O)O)c1. The molecule has 0 aliphatic heterocycles. The summed E-state index contributed by atoms with van der Waals surface area (Å²) in [6.45, 7) is 2.42. The van der Waals surface area contributed by atoms with E-state index in [4.69, 9.17) is 9.84 Å². The largest absolute Gasteiger partial charge is 0.493 e. The Kier molecular flexibility index (Phi) is 2.48. The second-order valence-electron chi connectivity index (χ2n) is 1.88. The molecule has 1 aromatic rings. The molecule has 0 aromatic carbocycles. The zero-order valence-electron chi connectivity index (χ0n) is 6.03. The van der Waals surface area contributed by atoms with Crippen molar-refractivity contribution in [3.8, 4) is 5.75 Å². The first-order valence-corrected chi connectivity index (χ1v) is 4.06. The molecule has 1 heterocycles. The summed E-state index contributed by atoms with van der Waals surface area (Å²) in [5.74, 6) is -0.268.